The van der Waals surface area contributed by atoms with E-state index in [1.165, 1.54) is 21.9 Å². The van der Waals surface area contributed by atoms with E-state index in [1.807, 2.05) is 50.3 Å². The topological polar surface area (TPSA) is 40.6 Å². The molecule has 0 atom stereocenters. The van der Waals surface area contributed by atoms with Gasteiger partial charge in [-0.2, -0.15) is 24.3 Å². The SMILES string of the molecule is CCC(=O)N(CC)Cc1ccc(F)[c-]c1F.CCC(=O)N(CC)Cc1ccc(F)[c-]c1F.[C-]1=CC=CC1.[C-]1=CC=CC1.[Ti+4]. The summed E-state index contributed by atoms with van der Waals surface area (Å²) in [6, 6.07) is 8.87. The first-order valence-electron chi connectivity index (χ1n) is 13.9. The van der Waals surface area contributed by atoms with Crippen LogP contribution in [0.25, 0.3) is 0 Å². The number of amides is 2. The van der Waals surface area contributed by atoms with E-state index in [-0.39, 0.29) is 57.7 Å². The zero-order valence-corrected chi connectivity index (χ0v) is 26.7. The summed E-state index contributed by atoms with van der Waals surface area (Å²) in [4.78, 5) is 25.9. The average molecular weight is 631 g/mol. The molecule has 9 heteroatoms. The molecule has 228 valence electrons. The molecule has 4 rings (SSSR count). The Balaban J connectivity index is 0.000000608. The quantitative estimate of drug-likeness (QED) is 0.171. The number of nitrogens with zero attached hydrogens (tertiary/aromatic N) is 2. The number of hydrogen-bond acceptors (Lipinski definition) is 2. The van der Waals surface area contributed by atoms with Gasteiger partial charge in [0.25, 0.3) is 0 Å². The molecule has 0 saturated carbocycles. The van der Waals surface area contributed by atoms with Crippen molar-refractivity contribution in [2.45, 2.75) is 66.5 Å². The van der Waals surface area contributed by atoms with Crippen molar-refractivity contribution in [3.63, 3.8) is 0 Å². The number of carbonyl (C=O) groups excluding carboxylic acids is 2. The summed E-state index contributed by atoms with van der Waals surface area (Å²) in [7, 11) is 0. The number of allylic oxidation sites excluding steroid dienone is 8. The van der Waals surface area contributed by atoms with Crippen molar-refractivity contribution in [1.82, 2.24) is 9.80 Å². The fourth-order valence-electron chi connectivity index (χ4n) is 3.48. The van der Waals surface area contributed by atoms with Gasteiger partial charge in [0.05, 0.1) is 0 Å². The van der Waals surface area contributed by atoms with Crippen LogP contribution in [0.1, 0.15) is 64.5 Å². The smallest absolute Gasteiger partial charge is 0.350 e. The van der Waals surface area contributed by atoms with E-state index in [0.717, 1.165) is 25.0 Å². The maximum Gasteiger partial charge on any atom is 4.00 e. The van der Waals surface area contributed by atoms with Crippen molar-refractivity contribution < 1.29 is 48.9 Å². The molecule has 0 aliphatic heterocycles. The van der Waals surface area contributed by atoms with Gasteiger partial charge in [0, 0.05) is 62.3 Å². The second-order valence-electron chi connectivity index (χ2n) is 8.82. The largest absolute Gasteiger partial charge is 4.00 e. The third kappa shape index (κ3) is 16.3. The second kappa shape index (κ2) is 23.3. The van der Waals surface area contributed by atoms with Crippen LogP contribution in [0.15, 0.2) is 60.7 Å². The molecule has 0 aromatic heterocycles. The van der Waals surface area contributed by atoms with Crippen molar-refractivity contribution in [3.8, 4) is 0 Å². The number of rotatable bonds is 8. The van der Waals surface area contributed by atoms with Crippen LogP contribution in [-0.2, 0) is 44.4 Å². The summed E-state index contributed by atoms with van der Waals surface area (Å²) in [5.41, 5.74) is 0.565. The monoisotopic (exact) mass is 630 g/mol. The van der Waals surface area contributed by atoms with E-state index in [1.54, 1.807) is 13.8 Å². The zero-order chi connectivity index (χ0) is 31.3. The molecule has 2 aromatic carbocycles. The first kappa shape index (κ1) is 39.8. The maximum absolute atomic E-state index is 13.3. The predicted molar refractivity (Wildman–Crippen MR) is 156 cm³/mol. The van der Waals surface area contributed by atoms with Gasteiger partial charge in [-0.1, -0.05) is 13.8 Å². The Bertz CT molecular complexity index is 1130. The molecular formula is C34H38F4N2O2Ti. The first-order valence-corrected chi connectivity index (χ1v) is 13.9. The first-order chi connectivity index (χ1) is 20.2. The Morgan fingerprint density at radius 2 is 1.05 bits per heavy atom. The number of benzene rings is 2. The van der Waals surface area contributed by atoms with E-state index in [2.05, 4.69) is 24.3 Å². The van der Waals surface area contributed by atoms with Crippen LogP contribution in [0.2, 0.25) is 0 Å². The van der Waals surface area contributed by atoms with E-state index in [9.17, 15) is 27.2 Å². The van der Waals surface area contributed by atoms with Crippen molar-refractivity contribution in [2.24, 2.45) is 0 Å². The molecule has 0 spiro atoms. The van der Waals surface area contributed by atoms with Crippen LogP contribution in [0.4, 0.5) is 17.6 Å². The molecular weight excluding hydrogens is 592 g/mol. The van der Waals surface area contributed by atoms with E-state index in [0.29, 0.717) is 25.9 Å². The van der Waals surface area contributed by atoms with Gasteiger partial charge in [-0.15, -0.1) is 48.2 Å². The summed E-state index contributed by atoms with van der Waals surface area (Å²) in [6.07, 6.45) is 20.8. The molecule has 0 fully saturated rings. The average Bonchev–Trinajstić information content (AvgIpc) is 3.76. The Morgan fingerprint density at radius 3 is 1.26 bits per heavy atom. The van der Waals surface area contributed by atoms with Crippen LogP contribution >= 0.6 is 0 Å². The minimum Gasteiger partial charge on any atom is -0.350 e. The minimum atomic E-state index is -0.734. The van der Waals surface area contributed by atoms with Gasteiger partial charge in [0.2, 0.25) is 11.8 Å². The van der Waals surface area contributed by atoms with Crippen LogP contribution in [0.3, 0.4) is 0 Å². The normalized spacial score (nSPS) is 11.7. The Morgan fingerprint density at radius 1 is 0.674 bits per heavy atom. The number of carbonyl (C=O) groups is 2. The van der Waals surface area contributed by atoms with Gasteiger partial charge in [-0.05, 0) is 13.8 Å². The van der Waals surface area contributed by atoms with Crippen LogP contribution in [-0.4, -0.2) is 34.7 Å². The van der Waals surface area contributed by atoms with Crippen LogP contribution in [0.5, 0.6) is 0 Å². The summed E-state index contributed by atoms with van der Waals surface area (Å²) >= 11 is 0. The second-order valence-corrected chi connectivity index (χ2v) is 8.82. The third-order valence-electron chi connectivity index (χ3n) is 5.85. The van der Waals surface area contributed by atoms with Gasteiger partial charge in [0.1, 0.15) is 0 Å². The Kier molecular flexibility index (Phi) is 21.5. The van der Waals surface area contributed by atoms with Crippen LogP contribution in [0, 0.1) is 47.6 Å². The summed E-state index contributed by atoms with van der Waals surface area (Å²) in [6.45, 7) is 8.46. The molecule has 0 radical (unpaired) electrons. The van der Waals surface area contributed by atoms with Crippen molar-refractivity contribution in [3.05, 3.63) is 119 Å². The molecule has 2 aliphatic carbocycles. The van der Waals surface area contributed by atoms with Crippen molar-refractivity contribution in [1.29, 1.82) is 0 Å². The Labute approximate surface area is 268 Å². The zero-order valence-electron chi connectivity index (χ0n) is 25.2. The Hall–Kier alpha value is -3.23. The number of halogens is 4. The van der Waals surface area contributed by atoms with Gasteiger partial charge in [-0.3, -0.25) is 21.7 Å². The predicted octanol–water partition coefficient (Wildman–Crippen LogP) is 7.66. The maximum atomic E-state index is 13.3. The molecule has 2 aliphatic rings. The van der Waals surface area contributed by atoms with E-state index >= 15 is 0 Å². The molecule has 0 bridgehead atoms. The van der Waals surface area contributed by atoms with E-state index < -0.39 is 23.3 Å². The van der Waals surface area contributed by atoms with Crippen molar-refractivity contribution >= 4 is 11.8 Å². The number of hydrogen-bond donors (Lipinski definition) is 0. The molecule has 0 saturated heterocycles. The van der Waals surface area contributed by atoms with Gasteiger partial charge in [0.15, 0.2) is 0 Å². The fraction of sp³-hybridized carbons (Fsp3) is 0.353. The summed E-state index contributed by atoms with van der Waals surface area (Å²) < 4.78 is 51.8. The molecule has 0 N–H and O–H groups in total. The van der Waals surface area contributed by atoms with Gasteiger partial charge >= 0.3 is 21.7 Å². The van der Waals surface area contributed by atoms with Gasteiger partial charge in [-0.25, -0.2) is 41.9 Å². The van der Waals surface area contributed by atoms with Gasteiger partial charge < -0.3 is 9.80 Å². The summed E-state index contributed by atoms with van der Waals surface area (Å²) in [5.74, 6) is -3.03. The molecule has 0 heterocycles. The fourth-order valence-corrected chi connectivity index (χ4v) is 3.48. The van der Waals surface area contributed by atoms with E-state index in [4.69, 9.17) is 0 Å². The molecule has 0 unspecified atom stereocenters. The molecule has 4 nitrogen and oxygen atoms in total. The molecule has 2 amide bonds. The minimum absolute atomic E-state index is 0. The standard InChI is InChI=1S/2C12H14F2NO.2C5H5.Ti/c2*1-3-12(16)15(4-2)8-9-5-6-10(13)7-11(9)14;2*1-2-4-5-3-1;/h2*5-6H,3-4,8H2,1-2H3;2*1-3H,4H2;/q4*-1;+4. The molecule has 43 heavy (non-hydrogen) atoms. The van der Waals surface area contributed by atoms with Crippen molar-refractivity contribution in [2.75, 3.05) is 13.1 Å². The third-order valence-corrected chi connectivity index (χ3v) is 5.85. The summed E-state index contributed by atoms with van der Waals surface area (Å²) in [5, 5.41) is 0. The van der Waals surface area contributed by atoms with Crippen LogP contribution < -0.4 is 0 Å². The molecule has 2 aromatic rings.